The van der Waals surface area contributed by atoms with E-state index in [2.05, 4.69) is 20.9 Å². The highest BCUT2D eigenvalue weighted by molar-refractivity contribution is 5.94. The summed E-state index contributed by atoms with van der Waals surface area (Å²) in [6, 6.07) is 4.89. The number of carbonyl (C=O) groups is 4. The average Bonchev–Trinajstić information content (AvgIpc) is 2.88. The van der Waals surface area contributed by atoms with Gasteiger partial charge in [-0.05, 0) is 50.1 Å². The van der Waals surface area contributed by atoms with E-state index in [1.807, 2.05) is 6.07 Å². The third kappa shape index (κ3) is 13.1. The Balaban J connectivity index is 3.09. The van der Waals surface area contributed by atoms with Crippen LogP contribution in [-0.2, 0) is 25.6 Å². The molecular formula is C26H44N8O5. The summed E-state index contributed by atoms with van der Waals surface area (Å²) in [5.41, 5.74) is 22.9. The molecule has 0 aromatic heterocycles. The maximum absolute atomic E-state index is 13.3. The SMILES string of the molecule is CC(C)C(N)C(=O)NC(CCCCN)C(=O)NC(Cc1ccccc1)C(=O)NC(CCCN=C(N)N)C(=O)O. The lowest BCUT2D eigenvalue weighted by atomic mass is 10.0. The summed E-state index contributed by atoms with van der Waals surface area (Å²) >= 11 is 0. The van der Waals surface area contributed by atoms with Crippen LogP contribution in [0.2, 0.25) is 0 Å². The zero-order valence-corrected chi connectivity index (χ0v) is 22.8. The van der Waals surface area contributed by atoms with Crippen molar-refractivity contribution in [3.05, 3.63) is 35.9 Å². The first kappa shape index (κ1) is 33.3. The Labute approximate surface area is 229 Å². The summed E-state index contributed by atoms with van der Waals surface area (Å²) in [5.74, 6) is -3.21. The number of rotatable bonds is 18. The van der Waals surface area contributed by atoms with Gasteiger partial charge >= 0.3 is 5.97 Å². The number of nitrogens with zero attached hydrogens (tertiary/aromatic N) is 1. The number of aliphatic imine (C=N–C) groups is 1. The van der Waals surface area contributed by atoms with Gasteiger partial charge in [0.2, 0.25) is 17.7 Å². The molecule has 1 aromatic rings. The molecule has 3 amide bonds. The van der Waals surface area contributed by atoms with Crippen molar-refractivity contribution in [3.63, 3.8) is 0 Å². The van der Waals surface area contributed by atoms with Crippen LogP contribution in [0.15, 0.2) is 35.3 Å². The summed E-state index contributed by atoms with van der Waals surface area (Å²) < 4.78 is 0. The first-order valence-corrected chi connectivity index (χ1v) is 13.1. The van der Waals surface area contributed by atoms with Crippen molar-refractivity contribution < 1.29 is 24.3 Å². The van der Waals surface area contributed by atoms with Crippen molar-refractivity contribution in [2.75, 3.05) is 13.1 Å². The van der Waals surface area contributed by atoms with Crippen molar-refractivity contribution in [2.24, 2.45) is 33.8 Å². The predicted molar refractivity (Wildman–Crippen MR) is 149 cm³/mol. The van der Waals surface area contributed by atoms with Crippen LogP contribution in [0, 0.1) is 5.92 Å². The van der Waals surface area contributed by atoms with Crippen molar-refractivity contribution in [1.82, 2.24) is 16.0 Å². The zero-order valence-electron chi connectivity index (χ0n) is 22.8. The second kappa shape index (κ2) is 17.7. The van der Waals surface area contributed by atoms with E-state index in [0.29, 0.717) is 32.2 Å². The molecule has 0 fully saturated rings. The third-order valence-corrected chi connectivity index (χ3v) is 6.08. The van der Waals surface area contributed by atoms with E-state index in [9.17, 15) is 24.3 Å². The average molecular weight is 549 g/mol. The van der Waals surface area contributed by atoms with Crippen molar-refractivity contribution >= 4 is 29.7 Å². The summed E-state index contributed by atoms with van der Waals surface area (Å²) in [7, 11) is 0. The number of guanidine groups is 1. The predicted octanol–water partition coefficient (Wildman–Crippen LogP) is -1.07. The van der Waals surface area contributed by atoms with E-state index in [1.165, 1.54) is 0 Å². The Morgan fingerprint density at radius 2 is 1.41 bits per heavy atom. The maximum Gasteiger partial charge on any atom is 0.326 e. The summed E-state index contributed by atoms with van der Waals surface area (Å²) in [6.45, 7) is 4.22. The molecule has 0 aliphatic carbocycles. The van der Waals surface area contributed by atoms with Crippen LogP contribution < -0.4 is 38.9 Å². The monoisotopic (exact) mass is 548 g/mol. The van der Waals surface area contributed by atoms with Gasteiger partial charge in [0.25, 0.3) is 0 Å². The van der Waals surface area contributed by atoms with Crippen molar-refractivity contribution in [3.8, 4) is 0 Å². The quantitative estimate of drug-likeness (QED) is 0.0632. The van der Waals surface area contributed by atoms with Gasteiger partial charge in [-0.2, -0.15) is 0 Å². The van der Waals surface area contributed by atoms with Crippen LogP contribution in [0.1, 0.15) is 51.5 Å². The maximum atomic E-state index is 13.3. The number of nitrogens with two attached hydrogens (primary N) is 4. The molecule has 1 aromatic carbocycles. The van der Waals surface area contributed by atoms with Crippen LogP contribution >= 0.6 is 0 Å². The Bertz CT molecular complexity index is 953. The molecule has 13 nitrogen and oxygen atoms in total. The van der Waals surface area contributed by atoms with Crippen LogP contribution in [-0.4, -0.2) is 72.0 Å². The minimum Gasteiger partial charge on any atom is -0.480 e. The van der Waals surface area contributed by atoms with E-state index >= 15 is 0 Å². The lowest BCUT2D eigenvalue weighted by Crippen LogP contribution is -2.58. The molecule has 0 bridgehead atoms. The number of carbonyl (C=O) groups excluding carboxylic acids is 3. The van der Waals surface area contributed by atoms with Gasteiger partial charge in [-0.3, -0.25) is 19.4 Å². The summed E-state index contributed by atoms with van der Waals surface area (Å²) in [6.07, 6.45) is 2.00. The van der Waals surface area contributed by atoms with Gasteiger partial charge in [-0.15, -0.1) is 0 Å². The fraction of sp³-hybridized carbons (Fsp3) is 0.577. The molecule has 13 heteroatoms. The number of unbranched alkanes of at least 4 members (excludes halogenated alkanes) is 1. The number of benzene rings is 1. The van der Waals surface area contributed by atoms with Gasteiger partial charge in [-0.1, -0.05) is 44.2 Å². The van der Waals surface area contributed by atoms with Crippen molar-refractivity contribution in [1.29, 1.82) is 0 Å². The molecule has 0 aliphatic rings. The number of carboxylic acids is 1. The Morgan fingerprint density at radius 1 is 0.846 bits per heavy atom. The number of amides is 3. The Morgan fingerprint density at radius 3 is 1.97 bits per heavy atom. The highest BCUT2D eigenvalue weighted by Gasteiger charge is 2.30. The lowest BCUT2D eigenvalue weighted by molar-refractivity contribution is -0.142. The number of carboxylic acid groups (broad SMARTS) is 1. The molecule has 39 heavy (non-hydrogen) atoms. The van der Waals surface area contributed by atoms with Gasteiger partial charge in [0.05, 0.1) is 6.04 Å². The fourth-order valence-corrected chi connectivity index (χ4v) is 3.70. The fourth-order valence-electron chi connectivity index (χ4n) is 3.70. The normalized spacial score (nSPS) is 14.0. The zero-order chi connectivity index (χ0) is 29.4. The van der Waals surface area contributed by atoms with Gasteiger partial charge < -0.3 is 44.0 Å². The highest BCUT2D eigenvalue weighted by atomic mass is 16.4. The van der Waals surface area contributed by atoms with Gasteiger partial charge in [0.1, 0.15) is 18.1 Å². The van der Waals surface area contributed by atoms with Crippen molar-refractivity contribution in [2.45, 2.75) is 76.5 Å². The van der Waals surface area contributed by atoms with Crippen LogP contribution in [0.25, 0.3) is 0 Å². The largest absolute Gasteiger partial charge is 0.480 e. The van der Waals surface area contributed by atoms with E-state index in [1.54, 1.807) is 38.1 Å². The van der Waals surface area contributed by atoms with Gasteiger partial charge in [0, 0.05) is 13.0 Å². The van der Waals surface area contributed by atoms with E-state index < -0.39 is 47.9 Å². The molecule has 0 heterocycles. The van der Waals surface area contributed by atoms with Crippen LogP contribution in [0.5, 0.6) is 0 Å². The molecule has 0 saturated heterocycles. The Kier molecular flexibility index (Phi) is 15.2. The van der Waals surface area contributed by atoms with E-state index in [-0.39, 0.29) is 31.3 Å². The summed E-state index contributed by atoms with van der Waals surface area (Å²) in [4.78, 5) is 54.8. The Hall–Kier alpha value is -3.71. The molecule has 12 N–H and O–H groups in total. The molecule has 0 aliphatic heterocycles. The van der Waals surface area contributed by atoms with Gasteiger partial charge in [0.15, 0.2) is 5.96 Å². The molecule has 0 saturated carbocycles. The lowest BCUT2D eigenvalue weighted by Gasteiger charge is -2.26. The second-order valence-electron chi connectivity index (χ2n) is 9.71. The van der Waals surface area contributed by atoms with Gasteiger partial charge in [-0.25, -0.2) is 4.79 Å². The molecule has 1 rings (SSSR count). The molecule has 0 radical (unpaired) electrons. The van der Waals surface area contributed by atoms with Crippen LogP contribution in [0.4, 0.5) is 0 Å². The smallest absolute Gasteiger partial charge is 0.326 e. The standard InChI is InChI=1S/C26H44N8O5/c1-16(2)21(28)24(37)32-18(11-6-7-13-27)22(35)34-20(15-17-9-4-3-5-10-17)23(36)33-19(25(38)39)12-8-14-31-26(29)30/h3-5,9-10,16,18-21H,6-8,11-15,27-28H2,1-2H3,(H,32,37)(H,33,36)(H,34,35)(H,38,39)(H4,29,30,31). The number of nitrogens with one attached hydrogen (secondary N) is 3. The number of hydrogen-bond acceptors (Lipinski definition) is 7. The van der Waals surface area contributed by atoms with E-state index in [0.717, 1.165) is 5.56 Å². The van der Waals surface area contributed by atoms with E-state index in [4.69, 9.17) is 22.9 Å². The number of aliphatic carboxylic acids is 1. The number of hydrogen-bond donors (Lipinski definition) is 8. The minimum atomic E-state index is -1.23. The first-order chi connectivity index (χ1) is 18.5. The topological polar surface area (TPSA) is 241 Å². The third-order valence-electron chi connectivity index (χ3n) is 6.08. The molecule has 4 unspecified atom stereocenters. The van der Waals surface area contributed by atoms with Crippen LogP contribution in [0.3, 0.4) is 0 Å². The molecular weight excluding hydrogens is 504 g/mol. The minimum absolute atomic E-state index is 0.0781. The highest BCUT2D eigenvalue weighted by Crippen LogP contribution is 2.09. The first-order valence-electron chi connectivity index (χ1n) is 13.1. The molecule has 0 spiro atoms. The second-order valence-corrected chi connectivity index (χ2v) is 9.71. The molecule has 218 valence electrons. The summed E-state index contributed by atoms with van der Waals surface area (Å²) in [5, 5.41) is 17.5. The molecule has 4 atom stereocenters.